The standard InChI is InChI=1S/C14H14O2S/c1-9(2)17-8-10-7-13(15)11-5-3-4-6-12(11)14(10)16/h3-7,9H,8H2,1-2H3. The average molecular weight is 246 g/mol. The van der Waals surface area contributed by atoms with Gasteiger partial charge in [0, 0.05) is 22.5 Å². The molecule has 0 saturated heterocycles. The summed E-state index contributed by atoms with van der Waals surface area (Å²) in [6.45, 7) is 4.16. The van der Waals surface area contributed by atoms with Crippen LogP contribution in [0.25, 0.3) is 0 Å². The zero-order valence-electron chi connectivity index (χ0n) is 9.90. The number of hydrogen-bond donors (Lipinski definition) is 0. The van der Waals surface area contributed by atoms with Gasteiger partial charge in [-0.15, -0.1) is 0 Å². The molecule has 0 saturated carbocycles. The Morgan fingerprint density at radius 3 is 2.41 bits per heavy atom. The molecular formula is C14H14O2S. The summed E-state index contributed by atoms with van der Waals surface area (Å²) in [5.41, 5.74) is 1.68. The molecule has 0 amide bonds. The van der Waals surface area contributed by atoms with E-state index in [1.807, 2.05) is 0 Å². The van der Waals surface area contributed by atoms with Crippen LogP contribution in [0.1, 0.15) is 34.6 Å². The van der Waals surface area contributed by atoms with Gasteiger partial charge in [0.2, 0.25) is 0 Å². The first kappa shape index (κ1) is 12.1. The van der Waals surface area contributed by atoms with Gasteiger partial charge in [-0.25, -0.2) is 0 Å². The summed E-state index contributed by atoms with van der Waals surface area (Å²) in [6.07, 6.45) is 1.49. The second kappa shape index (κ2) is 4.88. The van der Waals surface area contributed by atoms with Crippen molar-refractivity contribution in [2.75, 3.05) is 5.75 Å². The van der Waals surface area contributed by atoms with Crippen molar-refractivity contribution in [1.29, 1.82) is 0 Å². The number of allylic oxidation sites excluding steroid dienone is 1. The van der Waals surface area contributed by atoms with Crippen LogP contribution < -0.4 is 0 Å². The molecule has 0 N–H and O–H groups in total. The van der Waals surface area contributed by atoms with Crippen LogP contribution in [0.4, 0.5) is 0 Å². The van der Waals surface area contributed by atoms with E-state index in [-0.39, 0.29) is 11.6 Å². The first-order chi connectivity index (χ1) is 8.09. The van der Waals surface area contributed by atoms with Crippen LogP contribution in [0.2, 0.25) is 0 Å². The highest BCUT2D eigenvalue weighted by Crippen LogP contribution is 2.24. The molecule has 1 aromatic carbocycles. The average Bonchev–Trinajstić information content (AvgIpc) is 2.32. The van der Waals surface area contributed by atoms with E-state index in [9.17, 15) is 9.59 Å². The Hall–Kier alpha value is -1.35. The highest BCUT2D eigenvalue weighted by Gasteiger charge is 2.24. The minimum absolute atomic E-state index is 0.00616. The highest BCUT2D eigenvalue weighted by atomic mass is 32.2. The summed E-state index contributed by atoms with van der Waals surface area (Å²) in [5, 5.41) is 0.455. The molecule has 0 unspecified atom stereocenters. The molecule has 0 bridgehead atoms. The quantitative estimate of drug-likeness (QED) is 0.821. The zero-order chi connectivity index (χ0) is 12.4. The fraction of sp³-hybridized carbons (Fsp3) is 0.286. The van der Waals surface area contributed by atoms with Crippen LogP contribution in [0, 0.1) is 0 Å². The lowest BCUT2D eigenvalue weighted by Gasteiger charge is -2.15. The number of Topliss-reactive ketones (excluding diaryl/α,β-unsaturated/α-hetero) is 1. The number of rotatable bonds is 3. The van der Waals surface area contributed by atoms with Crippen LogP contribution in [-0.4, -0.2) is 22.6 Å². The van der Waals surface area contributed by atoms with Crippen molar-refractivity contribution in [3.05, 3.63) is 47.0 Å². The van der Waals surface area contributed by atoms with Crippen molar-refractivity contribution < 1.29 is 9.59 Å². The van der Waals surface area contributed by atoms with Crippen LogP contribution in [0.3, 0.4) is 0 Å². The number of thioether (sulfide) groups is 1. The Kier molecular flexibility index (Phi) is 3.48. The van der Waals surface area contributed by atoms with E-state index in [4.69, 9.17) is 0 Å². The van der Waals surface area contributed by atoms with Crippen LogP contribution in [-0.2, 0) is 0 Å². The van der Waals surface area contributed by atoms with Crippen LogP contribution >= 0.6 is 11.8 Å². The molecular weight excluding hydrogens is 232 g/mol. The summed E-state index contributed by atoms with van der Waals surface area (Å²) in [6, 6.07) is 7.01. The molecule has 0 heterocycles. The first-order valence-electron chi connectivity index (χ1n) is 5.60. The fourth-order valence-corrected chi connectivity index (χ4v) is 2.46. The third kappa shape index (κ3) is 2.50. The van der Waals surface area contributed by atoms with Crippen molar-refractivity contribution in [3.8, 4) is 0 Å². The molecule has 0 aromatic heterocycles. The topological polar surface area (TPSA) is 34.1 Å². The molecule has 2 nitrogen and oxygen atoms in total. The van der Waals surface area contributed by atoms with Gasteiger partial charge in [0.25, 0.3) is 0 Å². The second-order valence-corrected chi connectivity index (χ2v) is 5.83. The van der Waals surface area contributed by atoms with E-state index in [0.717, 1.165) is 0 Å². The van der Waals surface area contributed by atoms with Crippen molar-refractivity contribution in [2.45, 2.75) is 19.1 Å². The summed E-state index contributed by atoms with van der Waals surface area (Å²) in [7, 11) is 0. The van der Waals surface area contributed by atoms with Gasteiger partial charge in [0.15, 0.2) is 11.6 Å². The number of carbonyl (C=O) groups is 2. The third-order valence-corrected chi connectivity index (χ3v) is 3.75. The van der Waals surface area contributed by atoms with E-state index in [1.165, 1.54) is 6.08 Å². The minimum atomic E-state index is -0.0560. The lowest BCUT2D eigenvalue weighted by molar-refractivity contribution is 0.0985. The smallest absolute Gasteiger partial charge is 0.190 e. The highest BCUT2D eigenvalue weighted by molar-refractivity contribution is 8.00. The van der Waals surface area contributed by atoms with Crippen molar-refractivity contribution in [1.82, 2.24) is 0 Å². The summed E-state index contributed by atoms with van der Waals surface area (Å²) >= 11 is 1.68. The lowest BCUT2D eigenvalue weighted by Crippen LogP contribution is -2.18. The second-order valence-electron chi connectivity index (χ2n) is 4.27. The summed E-state index contributed by atoms with van der Waals surface area (Å²) in [4.78, 5) is 24.0. The monoisotopic (exact) mass is 246 g/mol. The first-order valence-corrected chi connectivity index (χ1v) is 6.64. The molecule has 17 heavy (non-hydrogen) atoms. The van der Waals surface area contributed by atoms with Gasteiger partial charge in [-0.05, 0) is 11.3 Å². The fourth-order valence-electron chi connectivity index (χ4n) is 1.73. The van der Waals surface area contributed by atoms with E-state index >= 15 is 0 Å². The van der Waals surface area contributed by atoms with Gasteiger partial charge in [-0.2, -0.15) is 11.8 Å². The maximum absolute atomic E-state index is 12.1. The van der Waals surface area contributed by atoms with Crippen molar-refractivity contribution >= 4 is 23.3 Å². The minimum Gasteiger partial charge on any atom is -0.289 e. The van der Waals surface area contributed by atoms with Crippen LogP contribution in [0.15, 0.2) is 35.9 Å². The Morgan fingerprint density at radius 2 is 1.76 bits per heavy atom. The van der Waals surface area contributed by atoms with Gasteiger partial charge in [0.1, 0.15) is 0 Å². The van der Waals surface area contributed by atoms with Gasteiger partial charge in [-0.1, -0.05) is 38.1 Å². The predicted octanol–water partition coefficient (Wildman–Crippen LogP) is 3.13. The molecule has 1 aliphatic rings. The summed E-state index contributed by atoms with van der Waals surface area (Å²) in [5.74, 6) is 0.546. The lowest BCUT2D eigenvalue weighted by atomic mass is 9.90. The Bertz CT molecular complexity index is 501. The largest absolute Gasteiger partial charge is 0.289 e. The maximum Gasteiger partial charge on any atom is 0.190 e. The molecule has 0 aliphatic heterocycles. The molecule has 88 valence electrons. The van der Waals surface area contributed by atoms with E-state index in [1.54, 1.807) is 36.0 Å². The van der Waals surface area contributed by atoms with Gasteiger partial charge in [0.05, 0.1) is 0 Å². The van der Waals surface area contributed by atoms with Gasteiger partial charge >= 0.3 is 0 Å². The summed E-state index contributed by atoms with van der Waals surface area (Å²) < 4.78 is 0. The number of fused-ring (bicyclic) bond motifs is 1. The normalized spacial score (nSPS) is 14.9. The molecule has 0 atom stereocenters. The van der Waals surface area contributed by atoms with E-state index in [0.29, 0.717) is 27.7 Å². The Morgan fingerprint density at radius 1 is 1.12 bits per heavy atom. The van der Waals surface area contributed by atoms with Crippen LogP contribution in [0.5, 0.6) is 0 Å². The Labute approximate surface area is 105 Å². The number of benzene rings is 1. The zero-order valence-corrected chi connectivity index (χ0v) is 10.7. The number of ketones is 2. The van der Waals surface area contributed by atoms with Crippen molar-refractivity contribution in [3.63, 3.8) is 0 Å². The molecule has 3 heteroatoms. The molecule has 1 aromatic rings. The number of carbonyl (C=O) groups excluding carboxylic acids is 2. The maximum atomic E-state index is 12.1. The molecule has 1 aliphatic carbocycles. The molecule has 0 fully saturated rings. The molecule has 0 spiro atoms. The number of hydrogen-bond acceptors (Lipinski definition) is 3. The van der Waals surface area contributed by atoms with E-state index in [2.05, 4.69) is 13.8 Å². The van der Waals surface area contributed by atoms with E-state index < -0.39 is 0 Å². The third-order valence-electron chi connectivity index (χ3n) is 2.61. The SMILES string of the molecule is CC(C)SCC1=CC(=O)c2ccccc2C1=O. The van der Waals surface area contributed by atoms with Gasteiger partial charge in [-0.3, -0.25) is 9.59 Å². The molecule has 2 rings (SSSR count). The Balaban J connectivity index is 2.29. The predicted molar refractivity (Wildman–Crippen MR) is 70.8 cm³/mol. The van der Waals surface area contributed by atoms with Crippen molar-refractivity contribution in [2.24, 2.45) is 0 Å². The molecule has 0 radical (unpaired) electrons. The van der Waals surface area contributed by atoms with Gasteiger partial charge < -0.3 is 0 Å².